The zero-order chi connectivity index (χ0) is 14.0. The Labute approximate surface area is 109 Å². The molecule has 0 aliphatic carbocycles. The van der Waals surface area contributed by atoms with Crippen molar-refractivity contribution in [3.05, 3.63) is 0 Å². The fourth-order valence-electron chi connectivity index (χ4n) is 1.42. The first-order valence-electron chi connectivity index (χ1n) is 6.61. The van der Waals surface area contributed by atoms with Crippen molar-refractivity contribution in [1.29, 1.82) is 0 Å². The Bertz CT molecular complexity index is 253. The topological polar surface area (TPSA) is 64.6 Å². The molecule has 1 N–H and O–H groups in total. The molecule has 5 nitrogen and oxygen atoms in total. The van der Waals surface area contributed by atoms with Crippen molar-refractivity contribution in [2.75, 3.05) is 13.2 Å². The zero-order valence-electron chi connectivity index (χ0n) is 11.8. The van der Waals surface area contributed by atoms with Crippen LogP contribution >= 0.6 is 0 Å². The molecule has 0 heterocycles. The molecular weight excluding hydrogens is 234 g/mol. The minimum atomic E-state index is -0.624. The van der Waals surface area contributed by atoms with Gasteiger partial charge in [-0.1, -0.05) is 27.2 Å². The molecule has 106 valence electrons. The van der Waals surface area contributed by atoms with Crippen molar-refractivity contribution in [3.63, 3.8) is 0 Å². The van der Waals surface area contributed by atoms with Gasteiger partial charge in [0, 0.05) is 0 Å². The summed E-state index contributed by atoms with van der Waals surface area (Å²) in [7, 11) is 0. The molecule has 0 aliphatic rings. The van der Waals surface area contributed by atoms with Gasteiger partial charge in [-0.05, 0) is 25.7 Å². The Morgan fingerprint density at radius 1 is 1.17 bits per heavy atom. The molecule has 0 radical (unpaired) electrons. The number of nitrogens with one attached hydrogen (secondary N) is 1. The van der Waals surface area contributed by atoms with Crippen LogP contribution in [0.3, 0.4) is 0 Å². The van der Waals surface area contributed by atoms with Crippen LogP contribution in [0.5, 0.6) is 0 Å². The number of hydrogen-bond acceptors (Lipinski definition) is 4. The Hall–Kier alpha value is -1.26. The maximum absolute atomic E-state index is 11.8. The quantitative estimate of drug-likeness (QED) is 0.537. The monoisotopic (exact) mass is 259 g/mol. The second kappa shape index (κ2) is 9.74. The Morgan fingerprint density at radius 2 is 1.83 bits per heavy atom. The lowest BCUT2D eigenvalue weighted by Gasteiger charge is -2.18. The molecular formula is C13H25NO4. The molecule has 0 rings (SSSR count). The van der Waals surface area contributed by atoms with Crippen LogP contribution in [0.4, 0.5) is 4.79 Å². The summed E-state index contributed by atoms with van der Waals surface area (Å²) in [6, 6.07) is -0.624. The predicted octanol–water partition coefficient (Wildman–Crippen LogP) is 2.49. The third-order valence-corrected chi connectivity index (χ3v) is 2.30. The number of rotatable bonds is 8. The Morgan fingerprint density at radius 3 is 2.33 bits per heavy atom. The van der Waals surface area contributed by atoms with Crippen LogP contribution in [0.25, 0.3) is 0 Å². The highest BCUT2D eigenvalue weighted by atomic mass is 16.6. The Kier molecular flexibility index (Phi) is 9.06. The number of esters is 1. The first-order chi connectivity index (χ1) is 8.51. The molecule has 0 fully saturated rings. The molecule has 1 amide bonds. The van der Waals surface area contributed by atoms with E-state index in [1.54, 1.807) is 6.92 Å². The van der Waals surface area contributed by atoms with Gasteiger partial charge in [0.05, 0.1) is 13.2 Å². The highest BCUT2D eigenvalue weighted by molar-refractivity contribution is 5.81. The summed E-state index contributed by atoms with van der Waals surface area (Å²) in [5.74, 6) is -0.0964. The van der Waals surface area contributed by atoms with E-state index in [4.69, 9.17) is 9.47 Å². The van der Waals surface area contributed by atoms with E-state index < -0.39 is 12.1 Å². The summed E-state index contributed by atoms with van der Waals surface area (Å²) in [5.41, 5.74) is 0. The van der Waals surface area contributed by atoms with E-state index >= 15 is 0 Å². The minimum Gasteiger partial charge on any atom is -0.464 e. The standard InChI is InChI=1S/C13H25NO4/c1-5-7-8-18-12(15)11(9-10(3)4)14-13(16)17-6-2/h10-11H,5-9H2,1-4H3,(H,14,16). The molecule has 5 heteroatoms. The van der Waals surface area contributed by atoms with E-state index in [1.165, 1.54) is 0 Å². The van der Waals surface area contributed by atoms with Gasteiger partial charge in [0.1, 0.15) is 6.04 Å². The highest BCUT2D eigenvalue weighted by Gasteiger charge is 2.23. The van der Waals surface area contributed by atoms with E-state index in [1.807, 2.05) is 20.8 Å². The van der Waals surface area contributed by atoms with Crippen LogP contribution < -0.4 is 5.32 Å². The summed E-state index contributed by atoms with van der Waals surface area (Å²) >= 11 is 0. The van der Waals surface area contributed by atoms with Crippen LogP contribution in [-0.4, -0.2) is 31.3 Å². The number of carbonyl (C=O) groups is 2. The van der Waals surface area contributed by atoms with Gasteiger partial charge in [-0.25, -0.2) is 9.59 Å². The summed E-state index contributed by atoms with van der Waals surface area (Å²) < 4.78 is 9.89. The van der Waals surface area contributed by atoms with Gasteiger partial charge in [-0.15, -0.1) is 0 Å². The third-order valence-electron chi connectivity index (χ3n) is 2.30. The first kappa shape index (κ1) is 16.7. The molecule has 0 aliphatic heterocycles. The molecule has 0 spiro atoms. The second-order valence-corrected chi connectivity index (χ2v) is 4.57. The van der Waals surface area contributed by atoms with Gasteiger partial charge in [0.25, 0.3) is 0 Å². The number of unbranched alkanes of at least 4 members (excludes halogenated alkanes) is 1. The molecule has 0 aromatic rings. The normalized spacial score (nSPS) is 12.1. The van der Waals surface area contributed by atoms with Gasteiger partial charge in [0.15, 0.2) is 0 Å². The molecule has 1 unspecified atom stereocenters. The van der Waals surface area contributed by atoms with Crippen molar-refractivity contribution in [1.82, 2.24) is 5.32 Å². The molecule has 0 aromatic heterocycles. The van der Waals surface area contributed by atoms with Crippen molar-refractivity contribution in [2.24, 2.45) is 5.92 Å². The molecule has 0 bridgehead atoms. The fraction of sp³-hybridized carbons (Fsp3) is 0.846. The summed E-state index contributed by atoms with van der Waals surface area (Å²) in [4.78, 5) is 23.1. The summed E-state index contributed by atoms with van der Waals surface area (Å²) in [5, 5.41) is 2.54. The highest BCUT2D eigenvalue weighted by Crippen LogP contribution is 2.07. The van der Waals surface area contributed by atoms with E-state index in [-0.39, 0.29) is 18.5 Å². The van der Waals surface area contributed by atoms with Crippen LogP contribution in [0.2, 0.25) is 0 Å². The average molecular weight is 259 g/mol. The lowest BCUT2D eigenvalue weighted by molar-refractivity contribution is -0.146. The van der Waals surface area contributed by atoms with Gasteiger partial charge < -0.3 is 14.8 Å². The average Bonchev–Trinajstić information content (AvgIpc) is 2.28. The summed E-state index contributed by atoms with van der Waals surface area (Å²) in [6.07, 6.45) is 1.77. The number of amides is 1. The lowest BCUT2D eigenvalue weighted by atomic mass is 10.0. The van der Waals surface area contributed by atoms with E-state index in [0.29, 0.717) is 13.0 Å². The predicted molar refractivity (Wildman–Crippen MR) is 69.3 cm³/mol. The maximum Gasteiger partial charge on any atom is 0.407 e. The number of hydrogen-bond donors (Lipinski definition) is 1. The molecule has 18 heavy (non-hydrogen) atoms. The van der Waals surface area contributed by atoms with Gasteiger partial charge in [-0.3, -0.25) is 0 Å². The van der Waals surface area contributed by atoms with E-state index in [2.05, 4.69) is 5.32 Å². The van der Waals surface area contributed by atoms with Gasteiger partial charge in [-0.2, -0.15) is 0 Å². The first-order valence-corrected chi connectivity index (χ1v) is 6.61. The van der Waals surface area contributed by atoms with Crippen LogP contribution in [-0.2, 0) is 14.3 Å². The molecule has 0 aromatic carbocycles. The largest absolute Gasteiger partial charge is 0.464 e. The van der Waals surface area contributed by atoms with Gasteiger partial charge >= 0.3 is 12.1 Å². The second-order valence-electron chi connectivity index (χ2n) is 4.57. The smallest absolute Gasteiger partial charge is 0.407 e. The fourth-order valence-corrected chi connectivity index (χ4v) is 1.42. The minimum absolute atomic E-state index is 0.283. The molecule has 0 saturated heterocycles. The zero-order valence-corrected chi connectivity index (χ0v) is 11.8. The van der Waals surface area contributed by atoms with Crippen molar-refractivity contribution >= 4 is 12.1 Å². The van der Waals surface area contributed by atoms with E-state index in [0.717, 1.165) is 12.8 Å². The van der Waals surface area contributed by atoms with Crippen LogP contribution in [0.1, 0.15) is 47.0 Å². The third kappa shape index (κ3) is 7.92. The summed E-state index contributed by atoms with van der Waals surface area (Å²) in [6.45, 7) is 8.39. The van der Waals surface area contributed by atoms with Crippen LogP contribution in [0.15, 0.2) is 0 Å². The molecule has 0 saturated carbocycles. The maximum atomic E-state index is 11.8. The van der Waals surface area contributed by atoms with Crippen molar-refractivity contribution in [3.8, 4) is 0 Å². The lowest BCUT2D eigenvalue weighted by Crippen LogP contribution is -2.43. The SMILES string of the molecule is CCCCOC(=O)C(CC(C)C)NC(=O)OCC. The molecule has 1 atom stereocenters. The number of ether oxygens (including phenoxy) is 2. The number of alkyl carbamates (subject to hydrolysis) is 1. The Balaban J connectivity index is 4.28. The van der Waals surface area contributed by atoms with Crippen LogP contribution in [0, 0.1) is 5.92 Å². The van der Waals surface area contributed by atoms with Crippen molar-refractivity contribution in [2.45, 2.75) is 53.0 Å². The van der Waals surface area contributed by atoms with Gasteiger partial charge in [0.2, 0.25) is 0 Å². The van der Waals surface area contributed by atoms with Crippen molar-refractivity contribution < 1.29 is 19.1 Å². The van der Waals surface area contributed by atoms with E-state index in [9.17, 15) is 9.59 Å². The number of carbonyl (C=O) groups excluding carboxylic acids is 2.